The van der Waals surface area contributed by atoms with Crippen LogP contribution in [0.5, 0.6) is 11.5 Å². The topological polar surface area (TPSA) is 48.0 Å². The summed E-state index contributed by atoms with van der Waals surface area (Å²) in [6, 6.07) is 5.76. The molecular weight excluding hydrogens is 246 g/mol. The van der Waals surface area contributed by atoms with Crippen molar-refractivity contribution in [2.24, 2.45) is 0 Å². The summed E-state index contributed by atoms with van der Waals surface area (Å²) in [5.41, 5.74) is 0.348. The minimum atomic E-state index is -0.681. The van der Waals surface area contributed by atoms with Crippen LogP contribution in [0.1, 0.15) is 19.4 Å². The summed E-state index contributed by atoms with van der Waals surface area (Å²) >= 11 is 0. The smallest absolute Gasteiger partial charge is 0.231 e. The Bertz CT molecular complexity index is 488. The Balaban J connectivity index is 2.20. The van der Waals surface area contributed by atoms with Crippen LogP contribution in [0.15, 0.2) is 18.2 Å². The van der Waals surface area contributed by atoms with Crippen LogP contribution in [0, 0.1) is 0 Å². The molecule has 0 aliphatic carbocycles. The van der Waals surface area contributed by atoms with Gasteiger partial charge in [-0.15, -0.1) is 0 Å². The van der Waals surface area contributed by atoms with Crippen LogP contribution >= 0.6 is 0 Å². The van der Waals surface area contributed by atoms with E-state index in [2.05, 4.69) is 0 Å². The zero-order chi connectivity index (χ0) is 14.0. The summed E-state index contributed by atoms with van der Waals surface area (Å²) < 4.78 is 16.1. The summed E-state index contributed by atoms with van der Waals surface area (Å²) in [4.78, 5) is 13.1. The van der Waals surface area contributed by atoms with Gasteiger partial charge in [-0.2, -0.15) is 0 Å². The van der Waals surface area contributed by atoms with Crippen molar-refractivity contribution in [2.45, 2.75) is 26.0 Å². The summed E-state index contributed by atoms with van der Waals surface area (Å²) in [5.74, 6) is 1.45. The molecule has 5 heteroatoms. The van der Waals surface area contributed by atoms with Gasteiger partial charge in [0.1, 0.15) is 5.72 Å². The van der Waals surface area contributed by atoms with E-state index in [1.807, 2.05) is 25.1 Å². The third-order valence-corrected chi connectivity index (χ3v) is 3.59. The third-order valence-electron chi connectivity index (χ3n) is 3.59. The molecule has 0 N–H and O–H groups in total. The van der Waals surface area contributed by atoms with E-state index in [4.69, 9.17) is 14.2 Å². The Kier molecular flexibility index (Phi) is 3.66. The second-order valence-electron chi connectivity index (χ2n) is 4.82. The van der Waals surface area contributed by atoms with E-state index in [1.54, 1.807) is 19.1 Å². The van der Waals surface area contributed by atoms with Gasteiger partial charge in [0.25, 0.3) is 0 Å². The Labute approximate surface area is 113 Å². The lowest BCUT2D eigenvalue weighted by atomic mass is 10.0. The molecule has 1 amide bonds. The van der Waals surface area contributed by atoms with Crippen LogP contribution in [0.25, 0.3) is 0 Å². The van der Waals surface area contributed by atoms with Crippen LogP contribution in [0.4, 0.5) is 0 Å². The largest absolute Gasteiger partial charge is 0.454 e. The molecule has 0 fully saturated rings. The molecule has 1 atom stereocenters. The molecular formula is C14H19NO4. The number of nitrogens with zero attached hydrogens (tertiary/aromatic N) is 1. The molecule has 0 saturated carbocycles. The fraction of sp³-hybridized carbons (Fsp3) is 0.500. The van der Waals surface area contributed by atoms with E-state index in [1.165, 1.54) is 6.92 Å². The standard InChI is InChI=1S/C14H19NO4/c1-10(16)15(3)14(2,17-4)8-11-5-6-12-13(7-11)19-9-18-12/h5-7H,8-9H2,1-4H3. The average molecular weight is 265 g/mol. The summed E-state index contributed by atoms with van der Waals surface area (Å²) in [6.45, 7) is 3.67. The van der Waals surface area contributed by atoms with Crippen LogP contribution in [-0.4, -0.2) is 37.5 Å². The molecule has 1 unspecified atom stereocenters. The molecule has 1 heterocycles. The SMILES string of the molecule is COC(C)(Cc1ccc2c(c1)OCO2)N(C)C(C)=O. The number of methoxy groups -OCH3 is 1. The normalized spacial score (nSPS) is 16.0. The molecule has 0 radical (unpaired) electrons. The van der Waals surface area contributed by atoms with Gasteiger partial charge in [-0.05, 0) is 24.6 Å². The quantitative estimate of drug-likeness (QED) is 0.779. The summed E-state index contributed by atoms with van der Waals surface area (Å²) in [7, 11) is 3.34. The van der Waals surface area contributed by atoms with Gasteiger partial charge in [-0.1, -0.05) is 6.07 Å². The number of rotatable bonds is 4. The van der Waals surface area contributed by atoms with E-state index in [0.29, 0.717) is 6.42 Å². The number of likely N-dealkylation sites (N-methyl/N-ethyl adjacent to an activating group) is 1. The summed E-state index contributed by atoms with van der Waals surface area (Å²) in [6.07, 6.45) is 0.580. The molecule has 5 nitrogen and oxygen atoms in total. The van der Waals surface area contributed by atoms with Crippen molar-refractivity contribution in [3.05, 3.63) is 23.8 Å². The molecule has 0 aromatic heterocycles. The molecule has 104 valence electrons. The predicted molar refractivity (Wildman–Crippen MR) is 70.1 cm³/mol. The third kappa shape index (κ3) is 2.66. The van der Waals surface area contributed by atoms with Crippen molar-refractivity contribution < 1.29 is 19.0 Å². The number of amides is 1. The highest BCUT2D eigenvalue weighted by atomic mass is 16.7. The first-order valence-electron chi connectivity index (χ1n) is 6.14. The van der Waals surface area contributed by atoms with Crippen LogP contribution in [0.2, 0.25) is 0 Å². The van der Waals surface area contributed by atoms with E-state index in [9.17, 15) is 4.79 Å². The van der Waals surface area contributed by atoms with Crippen molar-refractivity contribution in [2.75, 3.05) is 21.0 Å². The van der Waals surface area contributed by atoms with Crippen LogP contribution in [0.3, 0.4) is 0 Å². The highest BCUT2D eigenvalue weighted by molar-refractivity contribution is 5.73. The number of hydrogen-bond acceptors (Lipinski definition) is 4. The molecule has 1 aliphatic heterocycles. The summed E-state index contributed by atoms with van der Waals surface area (Å²) in [5, 5.41) is 0. The van der Waals surface area contributed by atoms with Gasteiger partial charge in [0.15, 0.2) is 11.5 Å². The monoisotopic (exact) mass is 265 g/mol. The van der Waals surface area contributed by atoms with Gasteiger partial charge in [0, 0.05) is 27.5 Å². The number of fused-ring (bicyclic) bond motifs is 1. The second kappa shape index (κ2) is 5.09. The zero-order valence-electron chi connectivity index (χ0n) is 11.7. The first-order valence-corrected chi connectivity index (χ1v) is 6.14. The zero-order valence-corrected chi connectivity index (χ0v) is 11.7. The first-order chi connectivity index (χ1) is 8.96. The van der Waals surface area contributed by atoms with E-state index >= 15 is 0 Å². The lowest BCUT2D eigenvalue weighted by Crippen LogP contribution is -2.49. The fourth-order valence-corrected chi connectivity index (χ4v) is 2.09. The number of ether oxygens (including phenoxy) is 3. The van der Waals surface area contributed by atoms with Crippen molar-refractivity contribution in [1.29, 1.82) is 0 Å². The van der Waals surface area contributed by atoms with Crippen LogP contribution < -0.4 is 9.47 Å². The number of benzene rings is 1. The minimum Gasteiger partial charge on any atom is -0.454 e. The highest BCUT2D eigenvalue weighted by Crippen LogP contribution is 2.34. The van der Waals surface area contributed by atoms with Crippen molar-refractivity contribution in [3.63, 3.8) is 0 Å². The lowest BCUT2D eigenvalue weighted by molar-refractivity contribution is -0.156. The van der Waals surface area contributed by atoms with Crippen molar-refractivity contribution >= 4 is 5.91 Å². The highest BCUT2D eigenvalue weighted by Gasteiger charge is 2.31. The molecule has 0 spiro atoms. The van der Waals surface area contributed by atoms with Crippen molar-refractivity contribution in [3.8, 4) is 11.5 Å². The predicted octanol–water partition coefficient (Wildman–Crippen LogP) is 1.80. The molecule has 2 rings (SSSR count). The van der Waals surface area contributed by atoms with Crippen LogP contribution in [-0.2, 0) is 16.0 Å². The Hall–Kier alpha value is -1.75. The fourth-order valence-electron chi connectivity index (χ4n) is 2.09. The van der Waals surface area contributed by atoms with Gasteiger partial charge in [0.05, 0.1) is 0 Å². The lowest BCUT2D eigenvalue weighted by Gasteiger charge is -2.37. The van der Waals surface area contributed by atoms with Gasteiger partial charge in [-0.25, -0.2) is 0 Å². The van der Waals surface area contributed by atoms with E-state index < -0.39 is 5.72 Å². The Morgan fingerprint density at radius 1 is 1.42 bits per heavy atom. The second-order valence-corrected chi connectivity index (χ2v) is 4.82. The Morgan fingerprint density at radius 3 is 2.74 bits per heavy atom. The molecule has 1 aromatic carbocycles. The number of carbonyl (C=O) groups excluding carboxylic acids is 1. The molecule has 1 aromatic rings. The first kappa shape index (κ1) is 13.7. The molecule has 0 bridgehead atoms. The van der Waals surface area contributed by atoms with Crippen molar-refractivity contribution in [1.82, 2.24) is 4.90 Å². The Morgan fingerprint density at radius 2 is 2.11 bits per heavy atom. The molecule has 1 aliphatic rings. The molecule has 19 heavy (non-hydrogen) atoms. The maximum atomic E-state index is 11.5. The van der Waals surface area contributed by atoms with Gasteiger partial charge < -0.3 is 19.1 Å². The van der Waals surface area contributed by atoms with Gasteiger partial charge in [-0.3, -0.25) is 4.79 Å². The number of hydrogen-bond donors (Lipinski definition) is 0. The molecule has 0 saturated heterocycles. The maximum absolute atomic E-state index is 11.5. The van der Waals surface area contributed by atoms with Gasteiger partial charge in [0.2, 0.25) is 12.7 Å². The van der Waals surface area contributed by atoms with E-state index in [-0.39, 0.29) is 12.7 Å². The maximum Gasteiger partial charge on any atom is 0.231 e. The van der Waals surface area contributed by atoms with E-state index in [0.717, 1.165) is 17.1 Å². The minimum absolute atomic E-state index is 0.0370. The average Bonchev–Trinajstić information content (AvgIpc) is 2.84. The van der Waals surface area contributed by atoms with Gasteiger partial charge >= 0.3 is 0 Å². The number of carbonyl (C=O) groups is 1.